The van der Waals surface area contributed by atoms with Crippen LogP contribution in [0.15, 0.2) is 62.9 Å². The maximum Gasteiger partial charge on any atom is 0.264 e. The minimum Gasteiger partial charge on any atom is -0.483 e. The minimum atomic E-state index is -4.15. The number of pyridine rings is 1. The largest absolute Gasteiger partial charge is 0.483 e. The van der Waals surface area contributed by atoms with Crippen LogP contribution in [0.3, 0.4) is 0 Å². The van der Waals surface area contributed by atoms with Crippen molar-refractivity contribution >= 4 is 15.7 Å². The molecule has 0 amide bonds. The molecular weight excluding hydrogens is 344 g/mol. The van der Waals surface area contributed by atoms with Crippen LogP contribution in [0.5, 0.6) is 5.75 Å². The molecule has 128 valence electrons. The Morgan fingerprint density at radius 1 is 1.24 bits per heavy atom. The van der Waals surface area contributed by atoms with Crippen molar-refractivity contribution < 1.29 is 13.2 Å². The first-order valence-electron chi connectivity index (χ1n) is 7.29. The number of aromatic nitrogens is 1. The summed E-state index contributed by atoms with van der Waals surface area (Å²) < 4.78 is 34.1. The maximum atomic E-state index is 12.2. The van der Waals surface area contributed by atoms with Crippen LogP contribution < -0.4 is 10.3 Å². The van der Waals surface area contributed by atoms with E-state index in [9.17, 15) is 13.2 Å². The zero-order valence-corrected chi connectivity index (χ0v) is 14.3. The van der Waals surface area contributed by atoms with Crippen LogP contribution in [0.25, 0.3) is 16.1 Å². The molecule has 0 N–H and O–H groups in total. The third-order valence-corrected chi connectivity index (χ3v) is 4.75. The molecule has 2 aromatic rings. The van der Waals surface area contributed by atoms with E-state index < -0.39 is 15.6 Å². The summed E-state index contributed by atoms with van der Waals surface area (Å²) in [5, 5.41) is 0. The summed E-state index contributed by atoms with van der Waals surface area (Å²) >= 11 is 0. The highest BCUT2D eigenvalue weighted by Crippen LogP contribution is 2.37. The Bertz CT molecular complexity index is 1090. The second kappa shape index (κ2) is 5.80. The summed E-state index contributed by atoms with van der Waals surface area (Å²) in [7, 11) is -4.15. The van der Waals surface area contributed by atoms with Gasteiger partial charge in [0.2, 0.25) is 0 Å². The summed E-state index contributed by atoms with van der Waals surface area (Å²) in [6, 6.07) is 8.84. The number of hydrogen-bond donors (Lipinski definition) is 0. The van der Waals surface area contributed by atoms with Gasteiger partial charge < -0.3 is 4.74 Å². The lowest BCUT2D eigenvalue weighted by molar-refractivity contribution is 0.157. The molecule has 1 aliphatic rings. The lowest BCUT2D eigenvalue weighted by Gasteiger charge is -2.31. The Balaban J connectivity index is 2.28. The Morgan fingerprint density at radius 2 is 2.00 bits per heavy atom. The average molecular weight is 358 g/mol. The smallest absolute Gasteiger partial charge is 0.264 e. The second-order valence-corrected chi connectivity index (χ2v) is 7.53. The van der Waals surface area contributed by atoms with Crippen LogP contribution in [0.4, 0.5) is 0 Å². The van der Waals surface area contributed by atoms with E-state index in [1.54, 1.807) is 24.4 Å². The Kier molecular flexibility index (Phi) is 3.90. The first-order chi connectivity index (χ1) is 11.7. The Morgan fingerprint density at radius 3 is 2.68 bits per heavy atom. The maximum absolute atomic E-state index is 12.2. The fourth-order valence-electron chi connectivity index (χ4n) is 2.60. The SMILES string of the molecule is CC1(C)C=C(n2ccccc2=O)c2cc(S(=O)(=O)N=[N+]=[N-])ccc2O1. The van der Waals surface area contributed by atoms with Crippen molar-refractivity contribution in [3.8, 4) is 5.75 Å². The monoisotopic (exact) mass is 358 g/mol. The van der Waals surface area contributed by atoms with E-state index in [0.29, 0.717) is 17.0 Å². The topological polar surface area (TPSA) is 114 Å². The molecule has 1 aromatic carbocycles. The normalized spacial score (nSPS) is 15.4. The highest BCUT2D eigenvalue weighted by atomic mass is 32.2. The molecule has 8 nitrogen and oxygen atoms in total. The Hall–Kier alpha value is -3.03. The molecule has 2 heterocycles. The van der Waals surface area contributed by atoms with Crippen LogP contribution >= 0.6 is 0 Å². The molecule has 0 radical (unpaired) electrons. The van der Waals surface area contributed by atoms with E-state index in [2.05, 4.69) is 9.43 Å². The molecule has 0 aliphatic carbocycles. The molecule has 0 bridgehead atoms. The van der Waals surface area contributed by atoms with Crippen molar-refractivity contribution in [2.75, 3.05) is 0 Å². The summed E-state index contributed by atoms with van der Waals surface area (Å²) in [6.07, 6.45) is 3.33. The third kappa shape index (κ3) is 3.15. The first kappa shape index (κ1) is 16.8. The zero-order chi connectivity index (χ0) is 18.2. The van der Waals surface area contributed by atoms with E-state index in [4.69, 9.17) is 10.3 Å². The van der Waals surface area contributed by atoms with Crippen molar-refractivity contribution in [2.24, 2.45) is 4.52 Å². The van der Waals surface area contributed by atoms with Crippen molar-refractivity contribution in [3.05, 3.63) is 75.0 Å². The summed E-state index contributed by atoms with van der Waals surface area (Å²) in [5.41, 5.74) is 8.39. The fraction of sp³-hybridized carbons (Fsp3) is 0.188. The molecule has 0 saturated carbocycles. The third-order valence-electron chi connectivity index (χ3n) is 3.61. The standard InChI is InChI=1S/C16H14N4O4S/c1-16(2)10-13(20-8-4-3-5-15(20)21)12-9-11(6-7-14(12)24-16)25(22,23)19-18-17/h3-10H,1-2H3. The summed E-state index contributed by atoms with van der Waals surface area (Å²) in [5.74, 6) is 0.429. The lowest BCUT2D eigenvalue weighted by atomic mass is 9.99. The summed E-state index contributed by atoms with van der Waals surface area (Å²) in [6.45, 7) is 3.66. The van der Waals surface area contributed by atoms with Crippen molar-refractivity contribution in [1.82, 2.24) is 4.57 Å². The van der Waals surface area contributed by atoms with E-state index in [1.165, 1.54) is 28.8 Å². The van der Waals surface area contributed by atoms with Gasteiger partial charge in [0.15, 0.2) is 0 Å². The van der Waals surface area contributed by atoms with Crippen molar-refractivity contribution in [2.45, 2.75) is 24.3 Å². The second-order valence-electron chi connectivity index (χ2n) is 5.95. The molecule has 1 aliphatic heterocycles. The van der Waals surface area contributed by atoms with E-state index in [-0.39, 0.29) is 10.5 Å². The van der Waals surface area contributed by atoms with E-state index in [0.717, 1.165) is 0 Å². The number of azide groups is 1. The van der Waals surface area contributed by atoms with Gasteiger partial charge in [0.05, 0.1) is 10.6 Å². The number of hydrogen-bond acceptors (Lipinski definition) is 4. The average Bonchev–Trinajstić information content (AvgIpc) is 2.53. The molecular formula is C16H14N4O4S. The predicted molar refractivity (Wildman–Crippen MR) is 91.6 cm³/mol. The molecule has 0 spiro atoms. The van der Waals surface area contributed by atoms with Crippen LogP contribution in [0.2, 0.25) is 0 Å². The molecule has 9 heteroatoms. The Labute approximate surface area is 143 Å². The number of benzene rings is 1. The predicted octanol–water partition coefficient (Wildman–Crippen LogP) is 2.91. The van der Waals surface area contributed by atoms with E-state index in [1.807, 2.05) is 13.8 Å². The van der Waals surface area contributed by atoms with Gasteiger partial charge in [-0.25, -0.2) is 8.42 Å². The fourth-order valence-corrected chi connectivity index (χ4v) is 3.30. The number of rotatable bonds is 3. The number of fused-ring (bicyclic) bond motifs is 1. The van der Waals surface area contributed by atoms with Crippen LogP contribution in [-0.2, 0) is 10.0 Å². The zero-order valence-electron chi connectivity index (χ0n) is 13.4. The number of sulfonamides is 1. The van der Waals surface area contributed by atoms with Gasteiger partial charge in [-0.3, -0.25) is 9.36 Å². The van der Waals surface area contributed by atoms with Crippen LogP contribution in [0, 0.1) is 0 Å². The van der Waals surface area contributed by atoms with Gasteiger partial charge in [0.1, 0.15) is 11.4 Å². The lowest BCUT2D eigenvalue weighted by Crippen LogP contribution is -2.32. The van der Waals surface area contributed by atoms with Gasteiger partial charge in [0, 0.05) is 27.3 Å². The molecule has 25 heavy (non-hydrogen) atoms. The highest BCUT2D eigenvalue weighted by Gasteiger charge is 2.29. The number of nitrogens with zero attached hydrogens (tertiary/aromatic N) is 4. The molecule has 0 unspecified atom stereocenters. The molecule has 0 atom stereocenters. The highest BCUT2D eigenvalue weighted by molar-refractivity contribution is 7.90. The van der Waals surface area contributed by atoms with E-state index >= 15 is 0 Å². The molecule has 3 rings (SSSR count). The molecule has 1 aromatic heterocycles. The van der Waals surface area contributed by atoms with Gasteiger partial charge in [-0.1, -0.05) is 6.07 Å². The number of ether oxygens (including phenoxy) is 1. The van der Waals surface area contributed by atoms with Gasteiger partial charge in [-0.15, -0.1) is 0 Å². The van der Waals surface area contributed by atoms with Gasteiger partial charge >= 0.3 is 0 Å². The van der Waals surface area contributed by atoms with Crippen molar-refractivity contribution in [3.63, 3.8) is 0 Å². The quantitative estimate of drug-likeness (QED) is 0.476. The molecule has 0 fully saturated rings. The van der Waals surface area contributed by atoms with Gasteiger partial charge in [-0.05, 0) is 49.7 Å². The van der Waals surface area contributed by atoms with Crippen LogP contribution in [0.1, 0.15) is 19.4 Å². The van der Waals surface area contributed by atoms with Gasteiger partial charge in [-0.2, -0.15) is 0 Å². The first-order valence-corrected chi connectivity index (χ1v) is 8.73. The summed E-state index contributed by atoms with van der Waals surface area (Å²) in [4.78, 5) is 14.4. The van der Waals surface area contributed by atoms with Crippen molar-refractivity contribution in [1.29, 1.82) is 0 Å². The molecule has 0 saturated heterocycles. The minimum absolute atomic E-state index is 0.178. The van der Waals surface area contributed by atoms with Crippen LogP contribution in [-0.4, -0.2) is 18.6 Å². The van der Waals surface area contributed by atoms with Gasteiger partial charge in [0.25, 0.3) is 15.6 Å².